The summed E-state index contributed by atoms with van der Waals surface area (Å²) in [5.41, 5.74) is 0. The number of nitrogens with zero attached hydrogens (tertiary/aromatic N) is 1. The Bertz CT molecular complexity index is 220. The molecule has 0 bridgehead atoms. The number of rotatable bonds is 1. The topological polar surface area (TPSA) is 20.3 Å². The number of amides is 1. The predicted octanol–water partition coefficient (Wildman–Crippen LogP) is 2.14. The molecule has 4 heteroatoms. The predicted molar refractivity (Wildman–Crippen MR) is 50.1 cm³/mol. The van der Waals surface area contributed by atoms with Gasteiger partial charge < -0.3 is 4.90 Å². The number of alkyl halides is 2. The van der Waals surface area contributed by atoms with Crippen LogP contribution in [0.15, 0.2) is 0 Å². The maximum absolute atomic E-state index is 12.2. The fraction of sp³-hybridized carbons (Fsp3) is 0.900. The third-order valence-electron chi connectivity index (χ3n) is 3.07. The van der Waals surface area contributed by atoms with Crippen LogP contribution >= 0.6 is 0 Å². The quantitative estimate of drug-likeness (QED) is 0.642. The molecule has 2 nitrogen and oxygen atoms in total. The molecule has 82 valence electrons. The zero-order chi connectivity index (χ0) is 10.9. The van der Waals surface area contributed by atoms with E-state index in [-0.39, 0.29) is 6.04 Å². The highest BCUT2D eigenvalue weighted by atomic mass is 19.3. The molecule has 3 unspecified atom stereocenters. The molecule has 1 rings (SSSR count). The minimum atomic E-state index is -2.87. The number of piperidine rings is 1. The van der Waals surface area contributed by atoms with Crippen LogP contribution in [0, 0.1) is 11.8 Å². The Morgan fingerprint density at radius 1 is 1.36 bits per heavy atom. The van der Waals surface area contributed by atoms with Gasteiger partial charge in [-0.05, 0) is 25.2 Å². The first-order chi connectivity index (χ1) is 6.43. The van der Waals surface area contributed by atoms with Crippen molar-refractivity contribution in [2.45, 2.75) is 39.7 Å². The molecule has 1 amide bonds. The molecule has 0 N–H and O–H groups in total. The highest BCUT2D eigenvalue weighted by Crippen LogP contribution is 2.27. The summed E-state index contributed by atoms with van der Waals surface area (Å²) in [4.78, 5) is 12.5. The molecule has 0 aromatic heterocycles. The molecule has 0 aromatic rings. The lowest BCUT2D eigenvalue weighted by Gasteiger charge is -2.40. The highest BCUT2D eigenvalue weighted by Gasteiger charge is 2.35. The van der Waals surface area contributed by atoms with Crippen LogP contribution in [0.5, 0.6) is 0 Å². The summed E-state index contributed by atoms with van der Waals surface area (Å²) < 4.78 is 24.5. The maximum Gasteiger partial charge on any atom is 0.315 e. The lowest BCUT2D eigenvalue weighted by Crippen LogP contribution is -2.50. The van der Waals surface area contributed by atoms with Gasteiger partial charge in [-0.3, -0.25) is 4.79 Å². The number of halogens is 2. The molecule has 1 saturated heterocycles. The first kappa shape index (κ1) is 11.4. The standard InChI is InChI=1S/C10H17F2NO/c1-6-4-7(2)8(3)13(5-6)10(14)9(11)12/h6-9H,4-5H2,1-3H3. The van der Waals surface area contributed by atoms with Crippen molar-refractivity contribution in [1.29, 1.82) is 0 Å². The average Bonchev–Trinajstić information content (AvgIpc) is 2.09. The highest BCUT2D eigenvalue weighted by molar-refractivity contribution is 5.79. The second-order valence-corrected chi connectivity index (χ2v) is 4.35. The van der Waals surface area contributed by atoms with Gasteiger partial charge in [-0.15, -0.1) is 0 Å². The first-order valence-electron chi connectivity index (χ1n) is 5.02. The summed E-state index contributed by atoms with van der Waals surface area (Å²) in [7, 11) is 0. The molecule has 0 aliphatic carbocycles. The van der Waals surface area contributed by atoms with Crippen molar-refractivity contribution in [3.63, 3.8) is 0 Å². The SMILES string of the molecule is CC1CC(C)C(C)N(C(=O)C(F)F)C1. The Kier molecular flexibility index (Phi) is 3.45. The molecular formula is C10H17F2NO. The van der Waals surface area contributed by atoms with Crippen LogP contribution in [0.1, 0.15) is 27.2 Å². The number of hydrogen-bond acceptors (Lipinski definition) is 1. The molecule has 1 aliphatic rings. The van der Waals surface area contributed by atoms with E-state index in [9.17, 15) is 13.6 Å². The number of carbonyl (C=O) groups excluding carboxylic acids is 1. The second-order valence-electron chi connectivity index (χ2n) is 4.35. The van der Waals surface area contributed by atoms with Crippen LogP contribution in [-0.2, 0) is 4.79 Å². The van der Waals surface area contributed by atoms with Crippen molar-refractivity contribution >= 4 is 5.91 Å². The Morgan fingerprint density at radius 2 is 1.93 bits per heavy atom. The normalized spacial score (nSPS) is 33.6. The summed E-state index contributed by atoms with van der Waals surface area (Å²) in [5, 5.41) is 0. The Balaban J connectivity index is 2.71. The lowest BCUT2D eigenvalue weighted by atomic mass is 9.86. The van der Waals surface area contributed by atoms with Crippen LogP contribution in [0.4, 0.5) is 8.78 Å². The summed E-state index contributed by atoms with van der Waals surface area (Å²) in [6.45, 7) is 6.31. The Hall–Kier alpha value is -0.670. The van der Waals surface area contributed by atoms with E-state index in [1.54, 1.807) is 0 Å². The van der Waals surface area contributed by atoms with Gasteiger partial charge in [0.25, 0.3) is 5.91 Å². The van der Waals surface area contributed by atoms with E-state index in [2.05, 4.69) is 0 Å². The molecule has 1 fully saturated rings. The van der Waals surface area contributed by atoms with Crippen LogP contribution in [0.25, 0.3) is 0 Å². The van der Waals surface area contributed by atoms with E-state index in [4.69, 9.17) is 0 Å². The van der Waals surface area contributed by atoms with Crippen LogP contribution in [0.2, 0.25) is 0 Å². The molecule has 0 saturated carbocycles. The van der Waals surface area contributed by atoms with Crippen LogP contribution in [-0.4, -0.2) is 29.8 Å². The Morgan fingerprint density at radius 3 is 2.43 bits per heavy atom. The van der Waals surface area contributed by atoms with Gasteiger partial charge in [-0.25, -0.2) is 0 Å². The third kappa shape index (κ3) is 2.22. The van der Waals surface area contributed by atoms with E-state index in [0.717, 1.165) is 6.42 Å². The average molecular weight is 205 g/mol. The van der Waals surface area contributed by atoms with E-state index < -0.39 is 12.3 Å². The summed E-state index contributed by atoms with van der Waals surface area (Å²) >= 11 is 0. The van der Waals surface area contributed by atoms with Gasteiger partial charge in [-0.1, -0.05) is 13.8 Å². The van der Waals surface area contributed by atoms with Gasteiger partial charge in [0.15, 0.2) is 0 Å². The maximum atomic E-state index is 12.2. The zero-order valence-corrected chi connectivity index (χ0v) is 8.84. The summed E-state index contributed by atoms with van der Waals surface area (Å²) in [6, 6.07) is -0.0623. The van der Waals surface area contributed by atoms with Crippen LogP contribution < -0.4 is 0 Å². The molecule has 0 spiro atoms. The summed E-state index contributed by atoms with van der Waals surface area (Å²) in [5.74, 6) is -0.388. The fourth-order valence-corrected chi connectivity index (χ4v) is 2.13. The van der Waals surface area contributed by atoms with Gasteiger partial charge in [0.2, 0.25) is 0 Å². The van der Waals surface area contributed by atoms with Gasteiger partial charge in [0.1, 0.15) is 0 Å². The minimum absolute atomic E-state index is 0.0623. The molecule has 0 radical (unpaired) electrons. The molecule has 0 aromatic carbocycles. The second kappa shape index (κ2) is 4.24. The lowest BCUT2D eigenvalue weighted by molar-refractivity contribution is -0.148. The van der Waals surface area contributed by atoms with Gasteiger partial charge in [0.05, 0.1) is 0 Å². The smallest absolute Gasteiger partial charge is 0.315 e. The minimum Gasteiger partial charge on any atom is -0.335 e. The summed E-state index contributed by atoms with van der Waals surface area (Å²) in [6.07, 6.45) is -1.86. The molecule has 1 aliphatic heterocycles. The zero-order valence-electron chi connectivity index (χ0n) is 8.84. The van der Waals surface area contributed by atoms with Crippen molar-refractivity contribution in [3.05, 3.63) is 0 Å². The van der Waals surface area contributed by atoms with Crippen molar-refractivity contribution in [3.8, 4) is 0 Å². The van der Waals surface area contributed by atoms with E-state index in [0.29, 0.717) is 18.4 Å². The monoisotopic (exact) mass is 205 g/mol. The van der Waals surface area contributed by atoms with Crippen molar-refractivity contribution in [2.24, 2.45) is 11.8 Å². The van der Waals surface area contributed by atoms with E-state index in [1.165, 1.54) is 4.90 Å². The molecular weight excluding hydrogens is 188 g/mol. The molecule has 14 heavy (non-hydrogen) atoms. The Labute approximate surface area is 83.3 Å². The fourth-order valence-electron chi connectivity index (χ4n) is 2.13. The molecule has 3 atom stereocenters. The van der Waals surface area contributed by atoms with Crippen molar-refractivity contribution in [2.75, 3.05) is 6.54 Å². The van der Waals surface area contributed by atoms with Gasteiger partial charge in [-0.2, -0.15) is 8.78 Å². The number of likely N-dealkylation sites (tertiary alicyclic amines) is 1. The third-order valence-corrected chi connectivity index (χ3v) is 3.07. The van der Waals surface area contributed by atoms with Gasteiger partial charge in [0, 0.05) is 12.6 Å². The first-order valence-corrected chi connectivity index (χ1v) is 5.02. The van der Waals surface area contributed by atoms with Crippen molar-refractivity contribution in [1.82, 2.24) is 4.90 Å². The number of hydrogen-bond donors (Lipinski definition) is 0. The largest absolute Gasteiger partial charge is 0.335 e. The van der Waals surface area contributed by atoms with E-state index in [1.807, 2.05) is 20.8 Å². The van der Waals surface area contributed by atoms with E-state index >= 15 is 0 Å². The van der Waals surface area contributed by atoms with Gasteiger partial charge >= 0.3 is 6.43 Å². The number of carbonyl (C=O) groups is 1. The van der Waals surface area contributed by atoms with Crippen LogP contribution in [0.3, 0.4) is 0 Å². The van der Waals surface area contributed by atoms with Crippen molar-refractivity contribution < 1.29 is 13.6 Å². The molecule has 1 heterocycles.